The van der Waals surface area contributed by atoms with Crippen LogP contribution in [0.4, 0.5) is 5.69 Å². The summed E-state index contributed by atoms with van der Waals surface area (Å²) >= 11 is 3.51. The van der Waals surface area contributed by atoms with Gasteiger partial charge in [-0.05, 0) is 54.2 Å². The molecule has 2 aromatic rings. The van der Waals surface area contributed by atoms with Crippen molar-refractivity contribution in [2.75, 3.05) is 12.4 Å². The van der Waals surface area contributed by atoms with Gasteiger partial charge in [0.05, 0.1) is 18.7 Å². The first-order valence-corrected chi connectivity index (χ1v) is 9.30. The maximum Gasteiger partial charge on any atom is 0.338 e. The number of carbonyl (C=O) groups is 1. The van der Waals surface area contributed by atoms with Crippen molar-refractivity contribution in [3.8, 4) is 0 Å². The van der Waals surface area contributed by atoms with E-state index in [1.54, 1.807) is 0 Å². The highest BCUT2D eigenvalue weighted by Gasteiger charge is 2.40. The molecule has 0 saturated heterocycles. The molecule has 0 saturated carbocycles. The molecule has 0 unspecified atom stereocenters. The molecule has 3 nitrogen and oxygen atoms in total. The lowest BCUT2D eigenvalue weighted by molar-refractivity contribution is 0.0598. The lowest BCUT2D eigenvalue weighted by atomic mass is 9.75. The van der Waals surface area contributed by atoms with Crippen LogP contribution in [0.15, 0.2) is 53.0 Å². The Morgan fingerprint density at radius 2 is 1.96 bits per heavy atom. The number of anilines is 1. The van der Waals surface area contributed by atoms with Gasteiger partial charge in [0.1, 0.15) is 0 Å². The van der Waals surface area contributed by atoms with Crippen molar-refractivity contribution in [2.45, 2.75) is 25.3 Å². The smallest absolute Gasteiger partial charge is 0.338 e. The summed E-state index contributed by atoms with van der Waals surface area (Å²) in [6.07, 6.45) is 5.50. The molecule has 128 valence electrons. The Labute approximate surface area is 156 Å². The van der Waals surface area contributed by atoms with Gasteiger partial charge in [-0.25, -0.2) is 4.79 Å². The molecule has 0 amide bonds. The third-order valence-electron chi connectivity index (χ3n) is 5.36. The molecule has 25 heavy (non-hydrogen) atoms. The van der Waals surface area contributed by atoms with E-state index in [9.17, 15) is 4.79 Å². The van der Waals surface area contributed by atoms with Crippen molar-refractivity contribution in [3.63, 3.8) is 0 Å². The fraction of sp³-hybridized carbons (Fsp3) is 0.286. The Bertz CT molecular complexity index is 857. The number of fused-ring (bicyclic) bond motifs is 3. The number of aryl methyl sites for hydroxylation is 1. The predicted molar refractivity (Wildman–Crippen MR) is 103 cm³/mol. The zero-order chi connectivity index (χ0) is 17.6. The van der Waals surface area contributed by atoms with Gasteiger partial charge in [-0.1, -0.05) is 46.3 Å². The summed E-state index contributed by atoms with van der Waals surface area (Å²) in [7, 11) is 1.44. The summed E-state index contributed by atoms with van der Waals surface area (Å²) in [6.45, 7) is 2.09. The van der Waals surface area contributed by atoms with Gasteiger partial charge in [-0.15, -0.1) is 0 Å². The first kappa shape index (κ1) is 16.4. The normalized spacial score (nSPS) is 23.6. The van der Waals surface area contributed by atoms with Crippen molar-refractivity contribution >= 4 is 27.6 Å². The second-order valence-corrected chi connectivity index (χ2v) is 7.65. The van der Waals surface area contributed by atoms with Crippen LogP contribution in [0.5, 0.6) is 0 Å². The maximum absolute atomic E-state index is 12.3. The molecule has 0 aromatic heterocycles. The van der Waals surface area contributed by atoms with Crippen LogP contribution >= 0.6 is 15.9 Å². The van der Waals surface area contributed by atoms with Gasteiger partial charge >= 0.3 is 5.97 Å². The summed E-state index contributed by atoms with van der Waals surface area (Å²) in [6, 6.07) is 12.6. The Kier molecular flexibility index (Phi) is 4.16. The van der Waals surface area contributed by atoms with Crippen molar-refractivity contribution in [1.29, 1.82) is 0 Å². The van der Waals surface area contributed by atoms with Crippen LogP contribution < -0.4 is 5.32 Å². The molecule has 1 N–H and O–H groups in total. The van der Waals surface area contributed by atoms with Gasteiger partial charge < -0.3 is 10.1 Å². The highest BCUT2D eigenvalue weighted by atomic mass is 79.9. The highest BCUT2D eigenvalue weighted by Crippen LogP contribution is 2.51. The van der Waals surface area contributed by atoms with Gasteiger partial charge in [-0.2, -0.15) is 0 Å². The van der Waals surface area contributed by atoms with Crippen LogP contribution in [0.3, 0.4) is 0 Å². The lowest BCUT2D eigenvalue weighted by Gasteiger charge is -2.39. The third-order valence-corrected chi connectivity index (χ3v) is 5.89. The van der Waals surface area contributed by atoms with E-state index in [1.165, 1.54) is 12.7 Å². The zero-order valence-electron chi connectivity index (χ0n) is 14.3. The van der Waals surface area contributed by atoms with Gasteiger partial charge in [0.15, 0.2) is 0 Å². The molecule has 4 rings (SSSR count). The number of rotatable bonds is 2. The number of carbonyl (C=O) groups excluding carboxylic acids is 1. The van der Waals surface area contributed by atoms with Gasteiger partial charge in [0.2, 0.25) is 0 Å². The van der Waals surface area contributed by atoms with Crippen molar-refractivity contribution in [1.82, 2.24) is 0 Å². The molecule has 2 aromatic carbocycles. The van der Waals surface area contributed by atoms with Crippen LogP contribution in [0, 0.1) is 12.8 Å². The van der Waals surface area contributed by atoms with E-state index in [0.29, 0.717) is 11.5 Å². The van der Waals surface area contributed by atoms with E-state index in [-0.39, 0.29) is 17.9 Å². The summed E-state index contributed by atoms with van der Waals surface area (Å²) in [5.74, 6) is 0.372. The number of nitrogens with one attached hydrogen (secondary N) is 1. The summed E-state index contributed by atoms with van der Waals surface area (Å²) in [4.78, 5) is 12.3. The molecule has 2 aliphatic rings. The predicted octanol–water partition coefficient (Wildman–Crippen LogP) is 5.37. The summed E-state index contributed by atoms with van der Waals surface area (Å²) in [5.41, 5.74) is 5.26. The van der Waals surface area contributed by atoms with Gasteiger partial charge in [0.25, 0.3) is 0 Å². The van der Waals surface area contributed by atoms with E-state index >= 15 is 0 Å². The van der Waals surface area contributed by atoms with Crippen molar-refractivity contribution < 1.29 is 9.53 Å². The minimum Gasteiger partial charge on any atom is -0.465 e. The number of hydrogen-bond acceptors (Lipinski definition) is 3. The van der Waals surface area contributed by atoms with Crippen LogP contribution in [0.1, 0.15) is 45.4 Å². The van der Waals surface area contributed by atoms with Crippen LogP contribution in [-0.2, 0) is 4.74 Å². The molecule has 0 fully saturated rings. The second kappa shape index (κ2) is 6.34. The Morgan fingerprint density at radius 1 is 1.20 bits per heavy atom. The molecule has 0 spiro atoms. The Morgan fingerprint density at radius 3 is 2.68 bits per heavy atom. The Hall–Kier alpha value is -2.07. The number of methoxy groups -OCH3 is 1. The maximum atomic E-state index is 12.3. The zero-order valence-corrected chi connectivity index (χ0v) is 15.8. The average Bonchev–Trinajstić information content (AvgIpc) is 3.11. The quantitative estimate of drug-likeness (QED) is 0.546. The first-order chi connectivity index (χ1) is 12.1. The first-order valence-electron chi connectivity index (χ1n) is 8.50. The van der Waals surface area contributed by atoms with Crippen LogP contribution in [-0.4, -0.2) is 13.1 Å². The molecule has 1 aliphatic heterocycles. The largest absolute Gasteiger partial charge is 0.465 e. The average molecular weight is 398 g/mol. The number of allylic oxidation sites excluding steroid dienone is 2. The minimum atomic E-state index is -0.265. The molecule has 1 heterocycles. The molecule has 3 atom stereocenters. The minimum absolute atomic E-state index is 0.229. The fourth-order valence-electron chi connectivity index (χ4n) is 4.14. The lowest BCUT2D eigenvalue weighted by Crippen LogP contribution is -2.31. The Balaban J connectivity index is 1.85. The summed E-state index contributed by atoms with van der Waals surface area (Å²) in [5, 5.41) is 3.73. The number of hydrogen-bond donors (Lipinski definition) is 1. The SMILES string of the molecule is COC(=O)c1ccc(C)c2c1[C@@H]1C=CC[C@H]1[C@H](c1ccc(Br)cc1)N2. The highest BCUT2D eigenvalue weighted by molar-refractivity contribution is 9.10. The van der Waals surface area contributed by atoms with Crippen molar-refractivity contribution in [3.05, 3.63) is 75.3 Å². The number of ether oxygens (including phenoxy) is 1. The molecule has 0 radical (unpaired) electrons. The molecule has 0 bridgehead atoms. The van der Waals surface area contributed by atoms with E-state index in [2.05, 4.69) is 64.6 Å². The van der Waals surface area contributed by atoms with E-state index in [4.69, 9.17) is 4.74 Å². The van der Waals surface area contributed by atoms with E-state index in [0.717, 1.165) is 27.7 Å². The van der Waals surface area contributed by atoms with E-state index in [1.807, 2.05) is 12.1 Å². The van der Waals surface area contributed by atoms with Crippen LogP contribution in [0.25, 0.3) is 0 Å². The third kappa shape index (κ3) is 2.69. The second-order valence-electron chi connectivity index (χ2n) is 6.74. The van der Waals surface area contributed by atoms with Gasteiger partial charge in [-0.3, -0.25) is 0 Å². The van der Waals surface area contributed by atoms with Crippen LogP contribution in [0.2, 0.25) is 0 Å². The van der Waals surface area contributed by atoms with Crippen molar-refractivity contribution in [2.24, 2.45) is 5.92 Å². The van der Waals surface area contributed by atoms with Gasteiger partial charge in [0, 0.05) is 16.1 Å². The molecular weight excluding hydrogens is 378 g/mol. The standard InChI is InChI=1S/C21H20BrNO2/c1-12-6-11-17(21(24)25-2)18-15-4-3-5-16(15)20(23-19(12)18)13-7-9-14(22)10-8-13/h3-4,6-11,15-16,20,23H,5H2,1-2H3/t15-,16-,20+/m1/s1. The number of esters is 1. The monoisotopic (exact) mass is 397 g/mol. The molecular formula is C21H20BrNO2. The number of benzene rings is 2. The fourth-order valence-corrected chi connectivity index (χ4v) is 4.41. The van der Waals surface area contributed by atoms with E-state index < -0.39 is 0 Å². The topological polar surface area (TPSA) is 38.3 Å². The molecule has 1 aliphatic carbocycles. The number of halogens is 1. The molecule has 4 heteroatoms. The summed E-state index contributed by atoms with van der Waals surface area (Å²) < 4.78 is 6.10.